The molecular formula is C24H25N5O3. The Labute approximate surface area is 186 Å². The van der Waals surface area contributed by atoms with Crippen LogP contribution in [0.5, 0.6) is 0 Å². The number of hydrogen-bond acceptors (Lipinski definition) is 7. The van der Waals surface area contributed by atoms with Crippen LogP contribution in [-0.2, 0) is 6.42 Å². The molecule has 2 heterocycles. The van der Waals surface area contributed by atoms with Gasteiger partial charge in [-0.1, -0.05) is 30.3 Å². The molecule has 0 unspecified atom stereocenters. The number of aromatic nitrogens is 2. The summed E-state index contributed by atoms with van der Waals surface area (Å²) in [4.78, 5) is 33.3. The zero-order chi connectivity index (χ0) is 22.5. The molecular weight excluding hydrogens is 406 g/mol. The largest absolute Gasteiger partial charge is 0.353 e. The molecule has 0 radical (unpaired) electrons. The molecule has 1 aromatic heterocycles. The predicted octanol–water partition coefficient (Wildman–Crippen LogP) is 4.79. The lowest BCUT2D eigenvalue weighted by atomic mass is 9.90. The van der Waals surface area contributed by atoms with Gasteiger partial charge in [-0.25, -0.2) is 9.97 Å². The molecule has 3 aromatic rings. The third-order valence-electron chi connectivity index (χ3n) is 5.82. The first-order chi connectivity index (χ1) is 15.5. The molecule has 1 fully saturated rings. The number of nitrogens with one attached hydrogen (secondary N) is 1. The maximum atomic E-state index is 11.9. The van der Waals surface area contributed by atoms with Crippen LogP contribution in [-0.4, -0.2) is 33.8 Å². The van der Waals surface area contributed by atoms with E-state index in [0.717, 1.165) is 19.3 Å². The van der Waals surface area contributed by atoms with E-state index in [1.54, 1.807) is 24.3 Å². The van der Waals surface area contributed by atoms with Gasteiger partial charge in [-0.3, -0.25) is 14.9 Å². The zero-order valence-corrected chi connectivity index (χ0v) is 17.9. The molecule has 1 N–H and O–H groups in total. The highest BCUT2D eigenvalue weighted by atomic mass is 16.6. The molecule has 8 heteroatoms. The van der Waals surface area contributed by atoms with E-state index in [4.69, 9.17) is 0 Å². The number of benzene rings is 2. The molecule has 0 spiro atoms. The number of carbonyl (C=O) groups is 1. The number of carbonyl (C=O) groups excluding carboxylic acids is 1. The van der Waals surface area contributed by atoms with Crippen molar-refractivity contribution in [1.29, 1.82) is 0 Å². The van der Waals surface area contributed by atoms with Crippen LogP contribution in [0.1, 0.15) is 35.7 Å². The maximum Gasteiger partial charge on any atom is 0.353 e. The van der Waals surface area contributed by atoms with Crippen molar-refractivity contribution >= 4 is 28.8 Å². The van der Waals surface area contributed by atoms with Crippen LogP contribution in [0.2, 0.25) is 0 Å². The number of ketones is 1. The maximum absolute atomic E-state index is 11.9. The highest BCUT2D eigenvalue weighted by molar-refractivity contribution is 5.94. The van der Waals surface area contributed by atoms with E-state index in [1.165, 1.54) is 18.8 Å². The summed E-state index contributed by atoms with van der Waals surface area (Å²) in [6.07, 6.45) is 4.27. The van der Waals surface area contributed by atoms with Gasteiger partial charge in [0.25, 0.3) is 0 Å². The van der Waals surface area contributed by atoms with Crippen molar-refractivity contribution in [2.45, 2.75) is 26.2 Å². The van der Waals surface area contributed by atoms with Crippen molar-refractivity contribution in [1.82, 2.24) is 9.97 Å². The zero-order valence-electron chi connectivity index (χ0n) is 17.9. The van der Waals surface area contributed by atoms with E-state index in [1.807, 2.05) is 11.0 Å². The first-order valence-corrected chi connectivity index (χ1v) is 10.7. The quantitative estimate of drug-likeness (QED) is 0.326. The summed E-state index contributed by atoms with van der Waals surface area (Å²) in [6.45, 7) is 2.91. The molecule has 0 saturated carbocycles. The lowest BCUT2D eigenvalue weighted by Crippen LogP contribution is -2.35. The Hall–Kier alpha value is -3.81. The van der Waals surface area contributed by atoms with E-state index in [2.05, 4.69) is 39.6 Å². The van der Waals surface area contributed by atoms with Gasteiger partial charge in [-0.2, -0.15) is 0 Å². The third-order valence-corrected chi connectivity index (χ3v) is 5.82. The second-order valence-electron chi connectivity index (χ2n) is 8.03. The fourth-order valence-electron chi connectivity index (χ4n) is 4.08. The molecule has 0 aliphatic carbocycles. The van der Waals surface area contributed by atoms with Crippen LogP contribution < -0.4 is 10.2 Å². The molecule has 4 rings (SSSR count). The summed E-state index contributed by atoms with van der Waals surface area (Å²) in [6, 6.07) is 17.2. The van der Waals surface area contributed by atoms with Crippen molar-refractivity contribution in [3.05, 3.63) is 82.2 Å². The first-order valence-electron chi connectivity index (χ1n) is 10.7. The van der Waals surface area contributed by atoms with Gasteiger partial charge in [0.2, 0.25) is 11.6 Å². The number of hydrogen-bond donors (Lipinski definition) is 1. The highest BCUT2D eigenvalue weighted by Gasteiger charge is 2.30. The van der Waals surface area contributed by atoms with E-state index in [0.29, 0.717) is 36.1 Å². The number of nitro groups is 1. The molecule has 164 valence electrons. The smallest absolute Gasteiger partial charge is 0.351 e. The van der Waals surface area contributed by atoms with Gasteiger partial charge < -0.3 is 10.2 Å². The Balaban J connectivity index is 1.49. The molecule has 8 nitrogen and oxygen atoms in total. The minimum atomic E-state index is -0.433. The number of rotatable bonds is 7. The second-order valence-corrected chi connectivity index (χ2v) is 8.03. The standard InChI is InChI=1S/C24H25N5O3/c1-17(30)20-7-9-21(10-8-20)27-23-22(29(31)32)24(26-16-25-23)28-13-11-19(12-14-28)15-18-5-3-2-4-6-18/h2-10,16,19H,11-15H2,1H3,(H,25,26,27). The Morgan fingerprint density at radius 1 is 1.09 bits per heavy atom. The Morgan fingerprint density at radius 2 is 1.78 bits per heavy atom. The van der Waals surface area contributed by atoms with Crippen LogP contribution in [0.15, 0.2) is 60.9 Å². The van der Waals surface area contributed by atoms with Crippen molar-refractivity contribution in [3.63, 3.8) is 0 Å². The van der Waals surface area contributed by atoms with Crippen LogP contribution in [0.3, 0.4) is 0 Å². The topological polar surface area (TPSA) is 101 Å². The minimum Gasteiger partial charge on any atom is -0.351 e. The number of Topliss-reactive ketones (excluding diaryl/α,β-unsaturated/α-hetero) is 1. The van der Waals surface area contributed by atoms with Crippen LogP contribution in [0.4, 0.5) is 23.0 Å². The molecule has 1 aliphatic heterocycles. The Bertz CT molecular complexity index is 1090. The summed E-state index contributed by atoms with van der Waals surface area (Å²) in [5, 5.41) is 14.9. The van der Waals surface area contributed by atoms with Crippen LogP contribution in [0, 0.1) is 16.0 Å². The molecule has 1 saturated heterocycles. The van der Waals surface area contributed by atoms with Gasteiger partial charge >= 0.3 is 5.69 Å². The van der Waals surface area contributed by atoms with E-state index >= 15 is 0 Å². The average Bonchev–Trinajstić information content (AvgIpc) is 2.80. The highest BCUT2D eigenvalue weighted by Crippen LogP contribution is 2.35. The van der Waals surface area contributed by atoms with Gasteiger partial charge in [-0.15, -0.1) is 0 Å². The fraction of sp³-hybridized carbons (Fsp3) is 0.292. The van der Waals surface area contributed by atoms with Gasteiger partial charge in [0.05, 0.1) is 4.92 Å². The average molecular weight is 431 g/mol. The molecule has 2 aromatic carbocycles. The van der Waals surface area contributed by atoms with Gasteiger partial charge in [-0.05, 0) is 61.9 Å². The SMILES string of the molecule is CC(=O)c1ccc(Nc2ncnc(N3CCC(Cc4ccccc4)CC3)c2[N+](=O)[O-])cc1. The Morgan fingerprint density at radius 3 is 2.41 bits per heavy atom. The lowest BCUT2D eigenvalue weighted by molar-refractivity contribution is -0.383. The molecule has 1 aliphatic rings. The molecule has 32 heavy (non-hydrogen) atoms. The van der Waals surface area contributed by atoms with E-state index < -0.39 is 4.92 Å². The summed E-state index contributed by atoms with van der Waals surface area (Å²) in [5.74, 6) is 0.988. The second kappa shape index (κ2) is 9.55. The number of nitrogens with zero attached hydrogens (tertiary/aromatic N) is 4. The van der Waals surface area contributed by atoms with Crippen molar-refractivity contribution < 1.29 is 9.72 Å². The molecule has 0 amide bonds. The number of piperidine rings is 1. The summed E-state index contributed by atoms with van der Waals surface area (Å²) in [7, 11) is 0. The van der Waals surface area contributed by atoms with Crippen LogP contribution >= 0.6 is 0 Å². The molecule has 0 atom stereocenters. The Kier molecular flexibility index (Phi) is 6.39. The monoisotopic (exact) mass is 431 g/mol. The fourth-order valence-corrected chi connectivity index (χ4v) is 4.08. The minimum absolute atomic E-state index is 0.0393. The van der Waals surface area contributed by atoms with Gasteiger partial charge in [0.1, 0.15) is 6.33 Å². The lowest BCUT2D eigenvalue weighted by Gasteiger charge is -2.32. The van der Waals surface area contributed by atoms with Gasteiger partial charge in [0, 0.05) is 24.3 Å². The van der Waals surface area contributed by atoms with E-state index in [9.17, 15) is 14.9 Å². The van der Waals surface area contributed by atoms with Crippen molar-refractivity contribution in [2.75, 3.05) is 23.3 Å². The van der Waals surface area contributed by atoms with Gasteiger partial charge in [0.15, 0.2) is 5.78 Å². The normalized spacial score (nSPS) is 14.2. The third kappa shape index (κ3) is 4.91. The number of anilines is 3. The predicted molar refractivity (Wildman–Crippen MR) is 123 cm³/mol. The molecule has 0 bridgehead atoms. The van der Waals surface area contributed by atoms with Crippen molar-refractivity contribution in [2.24, 2.45) is 5.92 Å². The van der Waals surface area contributed by atoms with Crippen LogP contribution in [0.25, 0.3) is 0 Å². The van der Waals surface area contributed by atoms with E-state index in [-0.39, 0.29) is 17.3 Å². The summed E-state index contributed by atoms with van der Waals surface area (Å²) < 4.78 is 0. The summed E-state index contributed by atoms with van der Waals surface area (Å²) in [5.41, 5.74) is 2.38. The first kappa shape index (κ1) is 21.4. The summed E-state index contributed by atoms with van der Waals surface area (Å²) >= 11 is 0. The van der Waals surface area contributed by atoms with Crippen molar-refractivity contribution in [3.8, 4) is 0 Å².